The average Bonchev–Trinajstić information content (AvgIpc) is 2.78. The van der Waals surface area contributed by atoms with E-state index >= 15 is 0 Å². The van der Waals surface area contributed by atoms with E-state index in [4.69, 9.17) is 4.74 Å². The van der Waals surface area contributed by atoms with Gasteiger partial charge in [-0.05, 0) is 5.92 Å². The highest BCUT2D eigenvalue weighted by Gasteiger charge is 2.22. The van der Waals surface area contributed by atoms with Gasteiger partial charge in [-0.1, -0.05) is 19.1 Å². The van der Waals surface area contributed by atoms with Crippen LogP contribution in [0.1, 0.15) is 30.0 Å². The molecule has 0 saturated heterocycles. The van der Waals surface area contributed by atoms with Crippen LogP contribution in [0.15, 0.2) is 0 Å². The second-order valence-electron chi connectivity index (χ2n) is 4.61. The molecule has 0 aliphatic carbocycles. The van der Waals surface area contributed by atoms with E-state index in [-0.39, 0.29) is 11.6 Å². The van der Waals surface area contributed by atoms with Crippen molar-refractivity contribution in [3.63, 3.8) is 0 Å². The summed E-state index contributed by atoms with van der Waals surface area (Å²) in [5, 5.41) is 17.6. The summed E-state index contributed by atoms with van der Waals surface area (Å²) in [7, 11) is 2.87. The molecule has 0 amide bonds. The Bertz CT molecular complexity index is 417. The van der Waals surface area contributed by atoms with Gasteiger partial charge in [0.2, 0.25) is 0 Å². The molecule has 0 radical (unpaired) electrons. The van der Waals surface area contributed by atoms with Crippen LogP contribution in [0, 0.1) is 5.92 Å². The van der Waals surface area contributed by atoms with Gasteiger partial charge in [-0.2, -0.15) is 0 Å². The van der Waals surface area contributed by atoms with E-state index in [0.29, 0.717) is 25.3 Å². The van der Waals surface area contributed by atoms with E-state index in [0.717, 1.165) is 0 Å². The van der Waals surface area contributed by atoms with E-state index in [1.807, 2.05) is 13.8 Å². The molecule has 1 atom stereocenters. The van der Waals surface area contributed by atoms with Crippen LogP contribution in [0.5, 0.6) is 0 Å². The quantitative estimate of drug-likeness (QED) is 0.716. The van der Waals surface area contributed by atoms with E-state index in [1.54, 1.807) is 7.11 Å². The normalized spacial score (nSPS) is 12.7. The summed E-state index contributed by atoms with van der Waals surface area (Å²) >= 11 is 0. The van der Waals surface area contributed by atoms with Crippen LogP contribution in [0.3, 0.4) is 0 Å². The third-order valence-corrected chi connectivity index (χ3v) is 2.89. The van der Waals surface area contributed by atoms with Crippen molar-refractivity contribution in [2.45, 2.75) is 32.9 Å². The molecule has 1 rings (SSSR count). The third-order valence-electron chi connectivity index (χ3n) is 2.89. The second kappa shape index (κ2) is 7.20. The number of esters is 1. The number of hydrogen-bond acceptors (Lipinski definition) is 6. The Balaban J connectivity index is 2.96. The summed E-state index contributed by atoms with van der Waals surface area (Å²) in [6, 6.07) is 0. The highest BCUT2D eigenvalue weighted by atomic mass is 16.5. The fraction of sp³-hybridized carbons (Fsp3) is 0.750. The van der Waals surface area contributed by atoms with Crippen molar-refractivity contribution in [2.75, 3.05) is 20.8 Å². The van der Waals surface area contributed by atoms with Gasteiger partial charge in [0, 0.05) is 13.5 Å². The van der Waals surface area contributed by atoms with Gasteiger partial charge < -0.3 is 14.6 Å². The number of carbonyl (C=O) groups excluding carboxylic acids is 1. The zero-order chi connectivity index (χ0) is 14.4. The van der Waals surface area contributed by atoms with Crippen molar-refractivity contribution in [2.24, 2.45) is 5.92 Å². The molecule has 7 heteroatoms. The van der Waals surface area contributed by atoms with Crippen molar-refractivity contribution in [3.8, 4) is 0 Å². The highest BCUT2D eigenvalue weighted by molar-refractivity contribution is 5.88. The molecule has 0 fully saturated rings. The monoisotopic (exact) mass is 271 g/mol. The number of nitrogens with zero attached hydrogens (tertiary/aromatic N) is 3. The minimum absolute atomic E-state index is 0.0982. The van der Waals surface area contributed by atoms with Crippen molar-refractivity contribution >= 4 is 5.97 Å². The molecule has 1 N–H and O–H groups in total. The van der Waals surface area contributed by atoms with Gasteiger partial charge in [0.15, 0.2) is 5.69 Å². The maximum atomic E-state index is 11.6. The molecule has 1 heterocycles. The van der Waals surface area contributed by atoms with Crippen molar-refractivity contribution < 1.29 is 19.4 Å². The number of aliphatic hydroxyl groups is 1. The molecule has 0 spiro atoms. The Hall–Kier alpha value is -1.47. The lowest BCUT2D eigenvalue weighted by atomic mass is 10.1. The van der Waals surface area contributed by atoms with Crippen LogP contribution in [0.2, 0.25) is 0 Å². The number of methoxy groups -OCH3 is 2. The maximum absolute atomic E-state index is 11.6. The molecule has 1 aromatic rings. The minimum atomic E-state index is -0.548. The van der Waals surface area contributed by atoms with Crippen LogP contribution < -0.4 is 0 Å². The van der Waals surface area contributed by atoms with Gasteiger partial charge in [0.1, 0.15) is 0 Å². The Morgan fingerprint density at radius 2 is 2.11 bits per heavy atom. The van der Waals surface area contributed by atoms with Crippen molar-refractivity contribution in [1.82, 2.24) is 15.0 Å². The predicted molar refractivity (Wildman–Crippen MR) is 67.8 cm³/mol. The fourth-order valence-corrected chi connectivity index (χ4v) is 1.57. The van der Waals surface area contributed by atoms with Gasteiger partial charge in [-0.15, -0.1) is 5.10 Å². The number of aliphatic hydroxyl groups excluding tert-OH is 1. The van der Waals surface area contributed by atoms with Gasteiger partial charge in [-0.25, -0.2) is 9.48 Å². The van der Waals surface area contributed by atoms with Crippen LogP contribution in [0.25, 0.3) is 0 Å². The predicted octanol–water partition coefficient (Wildman–Crippen LogP) is 0.270. The molecule has 0 bridgehead atoms. The zero-order valence-corrected chi connectivity index (χ0v) is 11.8. The summed E-state index contributed by atoms with van der Waals surface area (Å²) in [4.78, 5) is 11.6. The zero-order valence-electron chi connectivity index (χ0n) is 11.8. The first-order valence-corrected chi connectivity index (χ1v) is 6.18. The van der Waals surface area contributed by atoms with Crippen LogP contribution in [-0.2, 0) is 22.4 Å². The van der Waals surface area contributed by atoms with E-state index < -0.39 is 12.1 Å². The van der Waals surface area contributed by atoms with Crippen molar-refractivity contribution in [3.05, 3.63) is 11.4 Å². The highest BCUT2D eigenvalue weighted by Crippen LogP contribution is 2.11. The van der Waals surface area contributed by atoms with Gasteiger partial charge >= 0.3 is 5.97 Å². The summed E-state index contributed by atoms with van der Waals surface area (Å²) < 4.78 is 11.2. The van der Waals surface area contributed by atoms with Crippen molar-refractivity contribution in [1.29, 1.82) is 0 Å². The van der Waals surface area contributed by atoms with Crippen LogP contribution in [0.4, 0.5) is 0 Å². The lowest BCUT2D eigenvalue weighted by molar-refractivity contribution is 0.0591. The molecular weight excluding hydrogens is 250 g/mol. The number of carbonyl (C=O) groups is 1. The number of aromatic nitrogens is 3. The SMILES string of the molecule is COCCc1c(C(=O)OC)nnn1CC(O)C(C)C. The smallest absolute Gasteiger partial charge is 0.360 e. The molecule has 19 heavy (non-hydrogen) atoms. The third kappa shape index (κ3) is 4.00. The molecule has 1 unspecified atom stereocenters. The van der Waals surface area contributed by atoms with Crippen LogP contribution in [-0.4, -0.2) is 53.0 Å². The summed E-state index contributed by atoms with van der Waals surface area (Å²) in [6.45, 7) is 4.56. The lowest BCUT2D eigenvalue weighted by Gasteiger charge is -2.15. The summed E-state index contributed by atoms with van der Waals surface area (Å²) in [5.41, 5.74) is 0.795. The summed E-state index contributed by atoms with van der Waals surface area (Å²) in [6.07, 6.45) is -0.0628. The lowest BCUT2D eigenvalue weighted by Crippen LogP contribution is -2.24. The first kappa shape index (κ1) is 15.6. The fourth-order valence-electron chi connectivity index (χ4n) is 1.57. The maximum Gasteiger partial charge on any atom is 0.360 e. The molecule has 0 aliphatic rings. The van der Waals surface area contributed by atoms with E-state index in [1.165, 1.54) is 11.8 Å². The number of hydrogen-bond donors (Lipinski definition) is 1. The first-order chi connectivity index (χ1) is 9.01. The number of rotatable bonds is 7. The molecule has 1 aromatic heterocycles. The molecule has 7 nitrogen and oxygen atoms in total. The van der Waals surface area contributed by atoms with E-state index in [9.17, 15) is 9.90 Å². The van der Waals surface area contributed by atoms with Crippen LogP contribution >= 0.6 is 0 Å². The molecule has 0 aromatic carbocycles. The Morgan fingerprint density at radius 1 is 1.42 bits per heavy atom. The number of ether oxygens (including phenoxy) is 2. The summed E-state index contributed by atoms with van der Waals surface area (Å²) in [5.74, 6) is -0.433. The topological polar surface area (TPSA) is 86.5 Å². The second-order valence-corrected chi connectivity index (χ2v) is 4.61. The van der Waals surface area contributed by atoms with E-state index in [2.05, 4.69) is 15.0 Å². The van der Waals surface area contributed by atoms with Gasteiger partial charge in [0.25, 0.3) is 0 Å². The molecular formula is C12H21N3O4. The molecule has 0 saturated carbocycles. The standard InChI is InChI=1S/C12H21N3O4/c1-8(2)10(16)7-15-9(5-6-18-3)11(13-14-15)12(17)19-4/h8,10,16H,5-7H2,1-4H3. The Kier molecular flexibility index (Phi) is 5.91. The minimum Gasteiger partial charge on any atom is -0.464 e. The Labute approximate surface area is 112 Å². The molecule has 108 valence electrons. The van der Waals surface area contributed by atoms with Gasteiger partial charge in [-0.3, -0.25) is 0 Å². The average molecular weight is 271 g/mol. The molecule has 0 aliphatic heterocycles. The first-order valence-electron chi connectivity index (χ1n) is 6.18. The van der Waals surface area contributed by atoms with Gasteiger partial charge in [0.05, 0.1) is 32.1 Å². The Morgan fingerprint density at radius 3 is 2.63 bits per heavy atom. The largest absolute Gasteiger partial charge is 0.464 e.